The Labute approximate surface area is 122 Å². The zero-order valence-electron chi connectivity index (χ0n) is 13.2. The van der Waals surface area contributed by atoms with E-state index >= 15 is 0 Å². The van der Waals surface area contributed by atoms with Gasteiger partial charge in [0.05, 0.1) is 7.11 Å². The van der Waals surface area contributed by atoms with Crippen LogP contribution in [0, 0.1) is 23.2 Å². The maximum absolute atomic E-state index is 11.8. The quantitative estimate of drug-likeness (QED) is 0.786. The summed E-state index contributed by atoms with van der Waals surface area (Å²) in [6, 6.07) is 0.294. The van der Waals surface area contributed by atoms with Crippen molar-refractivity contribution < 1.29 is 9.53 Å². The molecule has 4 bridgehead atoms. The van der Waals surface area contributed by atoms with Gasteiger partial charge in [-0.05, 0) is 75.0 Å². The second-order valence-corrected chi connectivity index (χ2v) is 7.65. The molecule has 0 spiro atoms. The number of hydrogen-bond donors (Lipinski definition) is 1. The molecule has 0 saturated heterocycles. The van der Waals surface area contributed by atoms with E-state index in [1.54, 1.807) is 0 Å². The molecule has 4 aliphatic carbocycles. The summed E-state index contributed by atoms with van der Waals surface area (Å²) in [4.78, 5) is 11.8. The first-order chi connectivity index (χ1) is 9.56. The van der Waals surface area contributed by atoms with Crippen LogP contribution in [0.3, 0.4) is 0 Å². The molecule has 0 aliphatic heterocycles. The van der Waals surface area contributed by atoms with Gasteiger partial charge in [0.2, 0.25) is 0 Å². The number of rotatable bonds is 5. The average Bonchev–Trinajstić information content (AvgIpc) is 2.42. The molecule has 4 fully saturated rings. The van der Waals surface area contributed by atoms with Crippen LogP contribution in [0.1, 0.15) is 58.8 Å². The molecule has 2 atom stereocenters. The molecule has 0 aromatic heterocycles. The van der Waals surface area contributed by atoms with Crippen LogP contribution in [0.5, 0.6) is 0 Å². The Kier molecular flexibility index (Phi) is 3.83. The molecular weight excluding hydrogens is 250 g/mol. The Morgan fingerprint density at radius 3 is 2.10 bits per heavy atom. The highest BCUT2D eigenvalue weighted by molar-refractivity contribution is 5.75. The van der Waals surface area contributed by atoms with E-state index in [9.17, 15) is 4.79 Å². The lowest BCUT2D eigenvalue weighted by Gasteiger charge is -2.59. The SMILES string of the molecule is CCC(NC(C)C12CC3CC(CC(C3)C1)C2)C(=O)OC. The van der Waals surface area contributed by atoms with Crippen molar-refractivity contribution in [1.29, 1.82) is 0 Å². The highest BCUT2D eigenvalue weighted by Crippen LogP contribution is 2.61. The number of methoxy groups -OCH3 is 1. The predicted molar refractivity (Wildman–Crippen MR) is 79.3 cm³/mol. The second kappa shape index (κ2) is 5.32. The van der Waals surface area contributed by atoms with Gasteiger partial charge in [-0.2, -0.15) is 0 Å². The molecule has 0 heterocycles. The lowest BCUT2D eigenvalue weighted by molar-refractivity contribution is -0.144. The summed E-state index contributed by atoms with van der Waals surface area (Å²) in [6.07, 6.45) is 9.37. The molecule has 3 heteroatoms. The summed E-state index contributed by atoms with van der Waals surface area (Å²) in [5.41, 5.74) is 0.455. The van der Waals surface area contributed by atoms with Crippen molar-refractivity contribution in [2.45, 2.75) is 70.9 Å². The van der Waals surface area contributed by atoms with Crippen LogP contribution in [-0.2, 0) is 9.53 Å². The number of carbonyl (C=O) groups is 1. The van der Waals surface area contributed by atoms with Gasteiger partial charge in [0, 0.05) is 6.04 Å². The van der Waals surface area contributed by atoms with Gasteiger partial charge in [0.25, 0.3) is 0 Å². The van der Waals surface area contributed by atoms with E-state index in [0.717, 1.165) is 24.2 Å². The van der Waals surface area contributed by atoms with Gasteiger partial charge in [-0.3, -0.25) is 4.79 Å². The van der Waals surface area contributed by atoms with Gasteiger partial charge < -0.3 is 10.1 Å². The van der Waals surface area contributed by atoms with Crippen LogP contribution in [0.4, 0.5) is 0 Å². The van der Waals surface area contributed by atoms with Gasteiger partial charge in [-0.25, -0.2) is 0 Å². The van der Waals surface area contributed by atoms with E-state index in [-0.39, 0.29) is 12.0 Å². The van der Waals surface area contributed by atoms with Crippen molar-refractivity contribution in [1.82, 2.24) is 5.32 Å². The Balaban J connectivity index is 1.70. The van der Waals surface area contributed by atoms with E-state index in [1.807, 2.05) is 0 Å². The topological polar surface area (TPSA) is 38.3 Å². The molecule has 2 unspecified atom stereocenters. The molecule has 114 valence electrons. The standard InChI is InChI=1S/C17H29NO2/c1-4-15(16(19)20-3)18-11(2)17-8-12-5-13(9-17)7-14(6-12)10-17/h11-15,18H,4-10H2,1-3H3. The molecule has 3 nitrogen and oxygen atoms in total. The summed E-state index contributed by atoms with van der Waals surface area (Å²) in [5.74, 6) is 2.78. The summed E-state index contributed by atoms with van der Waals surface area (Å²) in [6.45, 7) is 4.36. The zero-order chi connectivity index (χ0) is 14.3. The smallest absolute Gasteiger partial charge is 0.322 e. The average molecular weight is 279 g/mol. The second-order valence-electron chi connectivity index (χ2n) is 7.65. The van der Waals surface area contributed by atoms with Crippen LogP contribution >= 0.6 is 0 Å². The maximum Gasteiger partial charge on any atom is 0.322 e. The minimum atomic E-state index is -0.136. The molecule has 4 saturated carbocycles. The van der Waals surface area contributed by atoms with E-state index in [2.05, 4.69) is 19.2 Å². The molecule has 0 aromatic carbocycles. The molecule has 0 aromatic rings. The van der Waals surface area contributed by atoms with Crippen LogP contribution < -0.4 is 5.32 Å². The van der Waals surface area contributed by atoms with Gasteiger partial charge in [0.1, 0.15) is 6.04 Å². The lowest BCUT2D eigenvalue weighted by atomic mass is 9.48. The highest BCUT2D eigenvalue weighted by atomic mass is 16.5. The largest absolute Gasteiger partial charge is 0.468 e. The minimum absolute atomic E-state index is 0.107. The zero-order valence-corrected chi connectivity index (χ0v) is 13.2. The molecule has 0 radical (unpaired) electrons. The maximum atomic E-state index is 11.8. The Hall–Kier alpha value is -0.570. The third-order valence-corrected chi connectivity index (χ3v) is 6.35. The molecule has 20 heavy (non-hydrogen) atoms. The number of carbonyl (C=O) groups excluding carboxylic acids is 1. The van der Waals surface area contributed by atoms with Crippen molar-refractivity contribution in [3.8, 4) is 0 Å². The molecule has 4 rings (SSSR count). The van der Waals surface area contributed by atoms with Crippen LogP contribution in [0.2, 0.25) is 0 Å². The van der Waals surface area contributed by atoms with Crippen molar-refractivity contribution in [2.24, 2.45) is 23.2 Å². The fourth-order valence-corrected chi connectivity index (χ4v) is 5.68. The van der Waals surface area contributed by atoms with E-state index < -0.39 is 0 Å². The number of hydrogen-bond acceptors (Lipinski definition) is 3. The number of ether oxygens (including phenoxy) is 1. The van der Waals surface area contributed by atoms with Gasteiger partial charge in [-0.15, -0.1) is 0 Å². The van der Waals surface area contributed by atoms with Gasteiger partial charge in [0.15, 0.2) is 0 Å². The van der Waals surface area contributed by atoms with E-state index in [4.69, 9.17) is 4.74 Å². The molecule has 1 N–H and O–H groups in total. The van der Waals surface area contributed by atoms with Crippen molar-refractivity contribution in [3.05, 3.63) is 0 Å². The van der Waals surface area contributed by atoms with Gasteiger partial charge >= 0.3 is 5.97 Å². The Morgan fingerprint density at radius 2 is 1.70 bits per heavy atom. The highest BCUT2D eigenvalue weighted by Gasteiger charge is 2.53. The molecular formula is C17H29NO2. The molecule has 0 amide bonds. The Bertz CT molecular complexity index is 344. The minimum Gasteiger partial charge on any atom is -0.468 e. The summed E-state index contributed by atoms with van der Waals surface area (Å²) < 4.78 is 4.92. The van der Waals surface area contributed by atoms with Crippen molar-refractivity contribution in [3.63, 3.8) is 0 Å². The normalized spacial score (nSPS) is 41.5. The van der Waals surface area contributed by atoms with E-state index in [1.165, 1.54) is 45.6 Å². The number of nitrogens with one attached hydrogen (secondary N) is 1. The summed E-state index contributed by atoms with van der Waals surface area (Å²) >= 11 is 0. The van der Waals surface area contributed by atoms with E-state index in [0.29, 0.717) is 11.5 Å². The third-order valence-electron chi connectivity index (χ3n) is 6.35. The monoisotopic (exact) mass is 279 g/mol. The molecule has 4 aliphatic rings. The fourth-order valence-electron chi connectivity index (χ4n) is 5.68. The van der Waals surface area contributed by atoms with Crippen LogP contribution in [-0.4, -0.2) is 25.2 Å². The van der Waals surface area contributed by atoms with Crippen molar-refractivity contribution in [2.75, 3.05) is 7.11 Å². The van der Waals surface area contributed by atoms with Gasteiger partial charge in [-0.1, -0.05) is 6.92 Å². The third kappa shape index (κ3) is 2.38. The predicted octanol–water partition coefficient (Wildman–Crippen LogP) is 3.13. The first-order valence-electron chi connectivity index (χ1n) is 8.40. The first-order valence-corrected chi connectivity index (χ1v) is 8.40. The fraction of sp³-hybridized carbons (Fsp3) is 0.941. The van der Waals surface area contributed by atoms with Crippen molar-refractivity contribution >= 4 is 5.97 Å². The van der Waals surface area contributed by atoms with Crippen LogP contribution in [0.15, 0.2) is 0 Å². The number of esters is 1. The van der Waals surface area contributed by atoms with Crippen LogP contribution in [0.25, 0.3) is 0 Å². The summed E-state index contributed by atoms with van der Waals surface area (Å²) in [7, 11) is 1.49. The lowest BCUT2D eigenvalue weighted by Crippen LogP contribution is -2.57. The Morgan fingerprint density at radius 1 is 1.20 bits per heavy atom. The first kappa shape index (κ1) is 14.4. The summed E-state index contributed by atoms with van der Waals surface area (Å²) in [5, 5.41) is 3.60.